The predicted molar refractivity (Wildman–Crippen MR) is 124 cm³/mol. The van der Waals surface area contributed by atoms with Gasteiger partial charge in [-0.05, 0) is 74.8 Å². The van der Waals surface area contributed by atoms with Crippen molar-refractivity contribution in [2.45, 2.75) is 35.8 Å². The number of sulfone groups is 1. The van der Waals surface area contributed by atoms with Crippen molar-refractivity contribution in [3.05, 3.63) is 77.6 Å². The lowest BCUT2D eigenvalue weighted by atomic mass is 10.1. The van der Waals surface area contributed by atoms with Crippen LogP contribution in [0.25, 0.3) is 0 Å². The fraction of sp³-hybridized carbons (Fsp3) is 0.320. The molecule has 1 atom stereocenters. The molecule has 1 aromatic heterocycles. The largest absolute Gasteiger partial charge is 0.497 e. The molecule has 1 saturated heterocycles. The highest BCUT2D eigenvalue weighted by Gasteiger charge is 2.26. The fourth-order valence-electron chi connectivity index (χ4n) is 4.03. The van der Waals surface area contributed by atoms with Gasteiger partial charge in [-0.1, -0.05) is 29.8 Å². The molecular formula is C25H28N2O5S. The van der Waals surface area contributed by atoms with Gasteiger partial charge in [-0.2, -0.15) is 0 Å². The Morgan fingerprint density at radius 2 is 1.70 bits per heavy atom. The van der Waals surface area contributed by atoms with Gasteiger partial charge in [0.15, 0.2) is 5.76 Å². The molecule has 174 valence electrons. The molecule has 0 spiro atoms. The van der Waals surface area contributed by atoms with E-state index >= 15 is 0 Å². The van der Waals surface area contributed by atoms with Crippen LogP contribution < -0.4 is 10.1 Å². The monoisotopic (exact) mass is 468 g/mol. The van der Waals surface area contributed by atoms with Crippen LogP contribution in [0, 0.1) is 6.92 Å². The Hall–Kier alpha value is -3.10. The number of likely N-dealkylation sites (tertiary alicyclic amines) is 1. The molecule has 0 radical (unpaired) electrons. The van der Waals surface area contributed by atoms with Gasteiger partial charge in [0, 0.05) is 6.54 Å². The van der Waals surface area contributed by atoms with E-state index in [2.05, 4.69) is 10.2 Å². The lowest BCUT2D eigenvalue weighted by Gasteiger charge is -2.28. The number of rotatable bonds is 8. The number of benzene rings is 2. The van der Waals surface area contributed by atoms with Crippen LogP contribution in [0.2, 0.25) is 0 Å². The first-order valence-electron chi connectivity index (χ1n) is 11.0. The van der Waals surface area contributed by atoms with Crippen LogP contribution in [0.5, 0.6) is 5.75 Å². The van der Waals surface area contributed by atoms with Gasteiger partial charge in [-0.25, -0.2) is 8.42 Å². The number of carbonyl (C=O) groups excluding carboxylic acids is 1. The first-order chi connectivity index (χ1) is 15.9. The molecule has 1 N–H and O–H groups in total. The molecule has 8 heteroatoms. The standard InChI is InChI=1S/C25H28N2O5S/c1-18-5-11-21(12-6-18)33(29,30)24-14-13-23(32-24)25(28)26-17-22(27-15-3-4-16-27)19-7-9-20(31-2)10-8-19/h5-14,22H,3-4,15-17H2,1-2H3,(H,26,28). The van der Waals surface area contributed by atoms with E-state index in [1.165, 1.54) is 24.3 Å². The zero-order chi connectivity index (χ0) is 23.4. The van der Waals surface area contributed by atoms with Crippen molar-refractivity contribution >= 4 is 15.7 Å². The average Bonchev–Trinajstić information content (AvgIpc) is 3.53. The van der Waals surface area contributed by atoms with Gasteiger partial charge < -0.3 is 14.5 Å². The Kier molecular flexibility index (Phi) is 6.85. The van der Waals surface area contributed by atoms with Crippen molar-refractivity contribution in [3.8, 4) is 5.75 Å². The van der Waals surface area contributed by atoms with Crippen LogP contribution in [0.3, 0.4) is 0 Å². The normalized spacial score (nSPS) is 15.3. The minimum Gasteiger partial charge on any atom is -0.497 e. The summed E-state index contributed by atoms with van der Waals surface area (Å²) in [4.78, 5) is 15.3. The minimum absolute atomic E-state index is 0.00748. The summed E-state index contributed by atoms with van der Waals surface area (Å²) in [6.45, 7) is 4.19. The Morgan fingerprint density at radius 3 is 2.33 bits per heavy atom. The van der Waals surface area contributed by atoms with Crippen LogP contribution in [0.4, 0.5) is 0 Å². The maximum atomic E-state index is 12.8. The summed E-state index contributed by atoms with van der Waals surface area (Å²) in [7, 11) is -2.20. The first kappa shape index (κ1) is 23.1. The molecule has 0 aliphatic carbocycles. The molecule has 0 saturated carbocycles. The highest BCUT2D eigenvalue weighted by Crippen LogP contribution is 2.27. The van der Waals surface area contributed by atoms with Gasteiger partial charge in [0.25, 0.3) is 5.91 Å². The SMILES string of the molecule is COc1ccc(C(CNC(=O)c2ccc(S(=O)(=O)c3ccc(C)cc3)o2)N2CCCC2)cc1. The maximum absolute atomic E-state index is 12.8. The van der Waals surface area contributed by atoms with E-state index in [1.807, 2.05) is 31.2 Å². The number of ether oxygens (including phenoxy) is 1. The molecule has 1 aliphatic heterocycles. The summed E-state index contributed by atoms with van der Waals surface area (Å²) in [6, 6.07) is 17.1. The smallest absolute Gasteiger partial charge is 0.287 e. The quantitative estimate of drug-likeness (QED) is 0.538. The number of hydrogen-bond acceptors (Lipinski definition) is 6. The molecule has 2 aromatic carbocycles. The summed E-state index contributed by atoms with van der Waals surface area (Å²) in [6.07, 6.45) is 2.25. The van der Waals surface area contributed by atoms with Gasteiger partial charge in [-0.3, -0.25) is 9.69 Å². The number of furan rings is 1. The topological polar surface area (TPSA) is 88.8 Å². The third-order valence-corrected chi connectivity index (χ3v) is 7.58. The van der Waals surface area contributed by atoms with E-state index in [4.69, 9.17) is 9.15 Å². The molecule has 0 bridgehead atoms. The Morgan fingerprint density at radius 1 is 1.03 bits per heavy atom. The van der Waals surface area contributed by atoms with Gasteiger partial charge in [-0.15, -0.1) is 0 Å². The fourth-order valence-corrected chi connectivity index (χ4v) is 5.21. The van der Waals surface area contributed by atoms with Gasteiger partial charge in [0.2, 0.25) is 14.9 Å². The maximum Gasteiger partial charge on any atom is 0.287 e. The van der Waals surface area contributed by atoms with Crippen molar-refractivity contribution in [1.82, 2.24) is 10.2 Å². The van der Waals surface area contributed by atoms with Crippen LogP contribution in [-0.2, 0) is 9.84 Å². The van der Waals surface area contributed by atoms with Gasteiger partial charge in [0.05, 0.1) is 18.0 Å². The second-order valence-electron chi connectivity index (χ2n) is 8.18. The Balaban J connectivity index is 1.48. The van der Waals surface area contributed by atoms with Crippen molar-refractivity contribution in [3.63, 3.8) is 0 Å². The summed E-state index contributed by atoms with van der Waals surface area (Å²) in [5.74, 6) is 0.300. The molecule has 4 rings (SSSR count). The molecule has 2 heterocycles. The lowest BCUT2D eigenvalue weighted by molar-refractivity contribution is 0.0905. The summed E-state index contributed by atoms with van der Waals surface area (Å²) in [5.41, 5.74) is 2.04. The number of methoxy groups -OCH3 is 1. The zero-order valence-corrected chi connectivity index (χ0v) is 19.6. The van der Waals surface area contributed by atoms with Crippen LogP contribution in [0.15, 0.2) is 75.1 Å². The highest BCUT2D eigenvalue weighted by molar-refractivity contribution is 7.91. The number of carbonyl (C=O) groups is 1. The third kappa shape index (κ3) is 5.12. The number of aryl methyl sites for hydroxylation is 1. The second-order valence-corrected chi connectivity index (χ2v) is 10.1. The molecule has 1 amide bonds. The molecule has 33 heavy (non-hydrogen) atoms. The summed E-state index contributed by atoms with van der Waals surface area (Å²) >= 11 is 0. The number of nitrogens with one attached hydrogen (secondary N) is 1. The van der Waals surface area contributed by atoms with Crippen LogP contribution >= 0.6 is 0 Å². The molecular weight excluding hydrogens is 440 g/mol. The molecule has 1 unspecified atom stereocenters. The predicted octanol–water partition coefficient (Wildman–Crippen LogP) is 4.00. The molecule has 1 fully saturated rings. The average molecular weight is 469 g/mol. The third-order valence-electron chi connectivity index (χ3n) is 5.94. The second kappa shape index (κ2) is 9.80. The molecule has 3 aromatic rings. The van der Waals surface area contributed by atoms with Gasteiger partial charge >= 0.3 is 0 Å². The minimum atomic E-state index is -3.83. The Bertz CT molecular complexity index is 1190. The summed E-state index contributed by atoms with van der Waals surface area (Å²) in [5, 5.41) is 2.67. The lowest BCUT2D eigenvalue weighted by Crippen LogP contribution is -2.36. The van der Waals surface area contributed by atoms with Crippen molar-refractivity contribution in [2.24, 2.45) is 0 Å². The van der Waals surface area contributed by atoms with Crippen molar-refractivity contribution in [2.75, 3.05) is 26.7 Å². The number of amides is 1. The van der Waals surface area contributed by atoms with E-state index in [1.54, 1.807) is 19.2 Å². The van der Waals surface area contributed by atoms with E-state index in [0.29, 0.717) is 6.54 Å². The van der Waals surface area contributed by atoms with Crippen LogP contribution in [0.1, 0.15) is 40.6 Å². The molecule has 7 nitrogen and oxygen atoms in total. The first-order valence-corrected chi connectivity index (χ1v) is 12.4. The van der Waals surface area contributed by atoms with E-state index in [0.717, 1.165) is 42.8 Å². The van der Waals surface area contributed by atoms with E-state index in [-0.39, 0.29) is 21.8 Å². The van der Waals surface area contributed by atoms with Crippen molar-refractivity contribution < 1.29 is 22.4 Å². The summed E-state index contributed by atoms with van der Waals surface area (Å²) < 4.78 is 36.3. The van der Waals surface area contributed by atoms with Crippen LogP contribution in [-0.4, -0.2) is 46.0 Å². The Labute approximate surface area is 194 Å². The van der Waals surface area contributed by atoms with Crippen molar-refractivity contribution in [1.29, 1.82) is 0 Å². The van der Waals surface area contributed by atoms with Gasteiger partial charge in [0.1, 0.15) is 5.75 Å². The number of hydrogen-bond donors (Lipinski definition) is 1. The zero-order valence-electron chi connectivity index (χ0n) is 18.8. The molecule has 1 aliphatic rings. The highest BCUT2D eigenvalue weighted by atomic mass is 32.2. The number of nitrogens with zero attached hydrogens (tertiary/aromatic N) is 1. The van der Waals surface area contributed by atoms with E-state index in [9.17, 15) is 13.2 Å². The van der Waals surface area contributed by atoms with E-state index < -0.39 is 15.7 Å².